The molecular weight excluding hydrogens is 243 g/mol. The molecule has 3 nitrogen and oxygen atoms in total. The smallest absolute Gasteiger partial charge is 0.258 e. The van der Waals surface area contributed by atoms with Gasteiger partial charge in [0.05, 0.1) is 22.5 Å². The molecule has 1 N–H and O–H groups in total. The Morgan fingerprint density at radius 3 is 2.76 bits per heavy atom. The third-order valence-electron chi connectivity index (χ3n) is 2.13. The van der Waals surface area contributed by atoms with Crippen LogP contribution in [0, 0.1) is 5.82 Å². The first-order valence-corrected chi connectivity index (χ1v) is 5.21. The second kappa shape index (κ2) is 4.93. The molecule has 0 radical (unpaired) electrons. The van der Waals surface area contributed by atoms with Crippen molar-refractivity contribution < 1.29 is 9.18 Å². The largest absolute Gasteiger partial charge is 0.319 e. The normalized spacial score (nSPS) is 10.0. The van der Waals surface area contributed by atoms with E-state index in [1.807, 2.05) is 0 Å². The summed E-state index contributed by atoms with van der Waals surface area (Å²) >= 11 is 5.85. The molecule has 17 heavy (non-hydrogen) atoms. The molecule has 0 aliphatic heterocycles. The van der Waals surface area contributed by atoms with Crippen LogP contribution >= 0.6 is 11.6 Å². The Morgan fingerprint density at radius 2 is 2.06 bits per heavy atom. The van der Waals surface area contributed by atoms with Gasteiger partial charge in [0.25, 0.3) is 5.91 Å². The zero-order valence-corrected chi connectivity index (χ0v) is 9.41. The molecule has 1 amide bonds. The number of hydrogen-bond donors (Lipinski definition) is 1. The Hall–Kier alpha value is -1.94. The van der Waals surface area contributed by atoms with Crippen LogP contribution in [0.5, 0.6) is 0 Å². The van der Waals surface area contributed by atoms with Crippen molar-refractivity contribution in [1.82, 2.24) is 4.98 Å². The molecule has 86 valence electrons. The number of hydrogen-bond acceptors (Lipinski definition) is 2. The van der Waals surface area contributed by atoms with Crippen molar-refractivity contribution in [3.05, 3.63) is 59.1 Å². The molecule has 2 rings (SSSR count). The van der Waals surface area contributed by atoms with E-state index in [4.69, 9.17) is 11.6 Å². The number of amides is 1. The monoisotopic (exact) mass is 250 g/mol. The molecule has 0 saturated heterocycles. The van der Waals surface area contributed by atoms with E-state index in [1.165, 1.54) is 30.6 Å². The van der Waals surface area contributed by atoms with E-state index in [0.29, 0.717) is 10.7 Å². The molecule has 1 aromatic heterocycles. The van der Waals surface area contributed by atoms with Gasteiger partial charge < -0.3 is 5.32 Å². The Balaban J connectivity index is 2.24. The minimum absolute atomic E-state index is 0.0348. The standard InChI is InChI=1S/C12H8ClFN2O/c13-9-5-6-15-7-11(9)16-12(17)8-3-1-2-4-10(8)14/h1-7H,(H,16,17). The number of pyridine rings is 1. The summed E-state index contributed by atoms with van der Waals surface area (Å²) in [6.45, 7) is 0. The summed E-state index contributed by atoms with van der Waals surface area (Å²) in [7, 11) is 0. The summed E-state index contributed by atoms with van der Waals surface area (Å²) in [5.74, 6) is -1.14. The Morgan fingerprint density at radius 1 is 1.29 bits per heavy atom. The predicted octanol–water partition coefficient (Wildman–Crippen LogP) is 3.13. The summed E-state index contributed by atoms with van der Waals surface area (Å²) in [5, 5.41) is 2.85. The van der Waals surface area contributed by atoms with E-state index in [9.17, 15) is 9.18 Å². The van der Waals surface area contributed by atoms with E-state index in [0.717, 1.165) is 0 Å². The average Bonchev–Trinajstić information content (AvgIpc) is 2.32. The molecule has 0 unspecified atom stereocenters. The van der Waals surface area contributed by atoms with Gasteiger partial charge in [-0.15, -0.1) is 0 Å². The number of halogens is 2. The lowest BCUT2D eigenvalue weighted by Gasteiger charge is -2.06. The maximum atomic E-state index is 13.3. The number of nitrogens with one attached hydrogen (secondary N) is 1. The minimum Gasteiger partial charge on any atom is -0.319 e. The molecule has 5 heteroatoms. The van der Waals surface area contributed by atoms with Gasteiger partial charge in [-0.3, -0.25) is 9.78 Å². The fourth-order valence-corrected chi connectivity index (χ4v) is 1.46. The third kappa shape index (κ3) is 2.60. The van der Waals surface area contributed by atoms with Crippen LogP contribution < -0.4 is 5.32 Å². The van der Waals surface area contributed by atoms with E-state index >= 15 is 0 Å². The topological polar surface area (TPSA) is 42.0 Å². The van der Waals surface area contributed by atoms with E-state index in [1.54, 1.807) is 12.1 Å². The maximum absolute atomic E-state index is 13.3. The number of carbonyl (C=O) groups is 1. The van der Waals surface area contributed by atoms with E-state index in [2.05, 4.69) is 10.3 Å². The molecule has 0 fully saturated rings. The number of benzene rings is 1. The number of carbonyl (C=O) groups excluding carboxylic acids is 1. The molecule has 1 heterocycles. The molecule has 0 spiro atoms. The number of nitrogens with zero attached hydrogens (tertiary/aromatic N) is 1. The van der Waals surface area contributed by atoms with Crippen LogP contribution in [0.2, 0.25) is 5.02 Å². The second-order valence-electron chi connectivity index (χ2n) is 3.29. The van der Waals surface area contributed by atoms with Crippen LogP contribution in [0.4, 0.5) is 10.1 Å². The van der Waals surface area contributed by atoms with Crippen LogP contribution in [0.3, 0.4) is 0 Å². The van der Waals surface area contributed by atoms with Crippen molar-refractivity contribution in [2.45, 2.75) is 0 Å². The van der Waals surface area contributed by atoms with Crippen LogP contribution in [0.1, 0.15) is 10.4 Å². The van der Waals surface area contributed by atoms with Gasteiger partial charge in [0.15, 0.2) is 0 Å². The van der Waals surface area contributed by atoms with Crippen LogP contribution in [0.15, 0.2) is 42.7 Å². The van der Waals surface area contributed by atoms with E-state index < -0.39 is 11.7 Å². The summed E-state index contributed by atoms with van der Waals surface area (Å²) in [6, 6.07) is 7.26. The van der Waals surface area contributed by atoms with Crippen molar-refractivity contribution in [1.29, 1.82) is 0 Å². The Kier molecular flexibility index (Phi) is 3.35. The van der Waals surface area contributed by atoms with Crippen LogP contribution in [0.25, 0.3) is 0 Å². The van der Waals surface area contributed by atoms with Gasteiger partial charge in [0.2, 0.25) is 0 Å². The molecule has 2 aromatic rings. The molecule has 1 aromatic carbocycles. The molecule has 0 aliphatic rings. The predicted molar refractivity (Wildman–Crippen MR) is 63.6 cm³/mol. The first kappa shape index (κ1) is 11.5. The zero-order valence-electron chi connectivity index (χ0n) is 8.65. The van der Waals surface area contributed by atoms with Crippen molar-refractivity contribution >= 4 is 23.2 Å². The van der Waals surface area contributed by atoms with Gasteiger partial charge in [-0.1, -0.05) is 23.7 Å². The highest BCUT2D eigenvalue weighted by Crippen LogP contribution is 2.20. The van der Waals surface area contributed by atoms with Crippen molar-refractivity contribution in [3.63, 3.8) is 0 Å². The zero-order chi connectivity index (χ0) is 12.3. The average molecular weight is 251 g/mol. The summed E-state index contributed by atoms with van der Waals surface area (Å²) in [5.41, 5.74) is 0.315. The molecule has 0 aliphatic carbocycles. The molecule has 0 saturated carbocycles. The van der Waals surface area contributed by atoms with Crippen LogP contribution in [-0.4, -0.2) is 10.9 Å². The van der Waals surface area contributed by atoms with E-state index in [-0.39, 0.29) is 5.56 Å². The van der Waals surface area contributed by atoms with Gasteiger partial charge in [0.1, 0.15) is 5.82 Å². The maximum Gasteiger partial charge on any atom is 0.258 e. The fourth-order valence-electron chi connectivity index (χ4n) is 1.30. The lowest BCUT2D eigenvalue weighted by molar-refractivity contribution is 0.102. The third-order valence-corrected chi connectivity index (χ3v) is 2.46. The van der Waals surface area contributed by atoms with Gasteiger partial charge in [-0.2, -0.15) is 0 Å². The van der Waals surface area contributed by atoms with Gasteiger partial charge >= 0.3 is 0 Å². The van der Waals surface area contributed by atoms with Crippen molar-refractivity contribution in [3.8, 4) is 0 Å². The van der Waals surface area contributed by atoms with Gasteiger partial charge in [-0.05, 0) is 18.2 Å². The SMILES string of the molecule is O=C(Nc1cnccc1Cl)c1ccccc1F. The fraction of sp³-hybridized carbons (Fsp3) is 0. The van der Waals surface area contributed by atoms with Crippen LogP contribution in [-0.2, 0) is 0 Å². The summed E-state index contributed by atoms with van der Waals surface area (Å²) in [6.07, 6.45) is 2.90. The molecule has 0 atom stereocenters. The number of anilines is 1. The lowest BCUT2D eigenvalue weighted by atomic mass is 10.2. The highest BCUT2D eigenvalue weighted by Gasteiger charge is 2.12. The highest BCUT2D eigenvalue weighted by atomic mass is 35.5. The Labute approximate surface area is 102 Å². The number of aromatic nitrogens is 1. The minimum atomic E-state index is -0.579. The second-order valence-corrected chi connectivity index (χ2v) is 3.70. The summed E-state index contributed by atoms with van der Waals surface area (Å²) < 4.78 is 13.3. The first-order chi connectivity index (χ1) is 8.18. The van der Waals surface area contributed by atoms with Crippen molar-refractivity contribution in [2.75, 3.05) is 5.32 Å². The first-order valence-electron chi connectivity index (χ1n) is 4.84. The van der Waals surface area contributed by atoms with Crippen molar-refractivity contribution in [2.24, 2.45) is 0 Å². The van der Waals surface area contributed by atoms with Gasteiger partial charge in [-0.25, -0.2) is 4.39 Å². The number of rotatable bonds is 2. The lowest BCUT2D eigenvalue weighted by Crippen LogP contribution is -2.14. The quantitative estimate of drug-likeness (QED) is 0.890. The molecular formula is C12H8ClFN2O. The van der Waals surface area contributed by atoms with Gasteiger partial charge in [0, 0.05) is 6.20 Å². The highest BCUT2D eigenvalue weighted by molar-refractivity contribution is 6.33. The molecule has 0 bridgehead atoms. The Bertz CT molecular complexity index is 560. The summed E-state index contributed by atoms with van der Waals surface area (Å²) in [4.78, 5) is 15.6.